The molecule has 1 aliphatic heterocycles. The van der Waals surface area contributed by atoms with E-state index in [1.54, 1.807) is 6.92 Å². The topological polar surface area (TPSA) is 64.6 Å². The molecule has 1 atom stereocenters. The summed E-state index contributed by atoms with van der Waals surface area (Å²) in [7, 11) is 1.26. The number of rotatable bonds is 1. The number of carbonyl (C=O) groups is 2. The first kappa shape index (κ1) is 11.7. The van der Waals surface area contributed by atoms with Crippen molar-refractivity contribution < 1.29 is 19.1 Å². The van der Waals surface area contributed by atoms with Crippen molar-refractivity contribution in [3.63, 3.8) is 0 Å². The highest BCUT2D eigenvalue weighted by molar-refractivity contribution is 6.31. The lowest BCUT2D eigenvalue weighted by atomic mass is 10.1. The molecule has 0 radical (unpaired) electrons. The largest absolute Gasteiger partial charge is 0.478 e. The van der Waals surface area contributed by atoms with Gasteiger partial charge in [0, 0.05) is 5.02 Å². The average molecular weight is 256 g/mol. The van der Waals surface area contributed by atoms with Crippen LogP contribution in [0.3, 0.4) is 0 Å². The fourth-order valence-electron chi connectivity index (χ4n) is 1.54. The van der Waals surface area contributed by atoms with Gasteiger partial charge in [-0.2, -0.15) is 0 Å². The van der Waals surface area contributed by atoms with Gasteiger partial charge in [0.25, 0.3) is 5.91 Å². The maximum Gasteiger partial charge on any atom is 0.341 e. The van der Waals surface area contributed by atoms with Crippen LogP contribution in [0.25, 0.3) is 0 Å². The third kappa shape index (κ3) is 2.06. The Hall–Kier alpha value is -1.75. The van der Waals surface area contributed by atoms with E-state index in [2.05, 4.69) is 10.1 Å². The quantitative estimate of drug-likeness (QED) is 0.778. The molecule has 1 aromatic rings. The minimum Gasteiger partial charge on any atom is -0.478 e. The van der Waals surface area contributed by atoms with Crippen molar-refractivity contribution in [1.29, 1.82) is 0 Å². The van der Waals surface area contributed by atoms with Crippen molar-refractivity contribution in [3.05, 3.63) is 22.7 Å². The standard InChI is InChI=1S/C11H10ClNO4/c1-5-10(14)13-8-4-6(12)3-7(9(8)17-5)11(15)16-2/h3-5H,1-2H3,(H,13,14). The number of nitrogens with one attached hydrogen (secondary N) is 1. The number of hydrogen-bond donors (Lipinski definition) is 1. The average Bonchev–Trinajstić information content (AvgIpc) is 2.29. The second kappa shape index (κ2) is 4.25. The molecule has 5 nitrogen and oxygen atoms in total. The zero-order chi connectivity index (χ0) is 12.6. The molecular weight excluding hydrogens is 246 g/mol. The Balaban J connectivity index is 2.55. The van der Waals surface area contributed by atoms with Crippen molar-refractivity contribution in [3.8, 4) is 5.75 Å². The van der Waals surface area contributed by atoms with Gasteiger partial charge >= 0.3 is 5.97 Å². The number of carbonyl (C=O) groups excluding carboxylic acids is 2. The van der Waals surface area contributed by atoms with Crippen molar-refractivity contribution in [1.82, 2.24) is 0 Å². The summed E-state index contributed by atoms with van der Waals surface area (Å²) < 4.78 is 10.0. The van der Waals surface area contributed by atoms with Crippen LogP contribution in [0.15, 0.2) is 12.1 Å². The summed E-state index contributed by atoms with van der Waals surface area (Å²) in [4.78, 5) is 23.0. The monoisotopic (exact) mass is 255 g/mol. The Labute approximate surface area is 103 Å². The Kier molecular flexibility index (Phi) is 2.93. The van der Waals surface area contributed by atoms with Crippen LogP contribution in [-0.2, 0) is 9.53 Å². The molecule has 1 unspecified atom stereocenters. The lowest BCUT2D eigenvalue weighted by molar-refractivity contribution is -0.122. The molecule has 0 saturated carbocycles. The molecule has 0 spiro atoms. The Morgan fingerprint density at radius 3 is 2.88 bits per heavy atom. The Morgan fingerprint density at radius 2 is 2.24 bits per heavy atom. The first-order valence-electron chi connectivity index (χ1n) is 4.92. The molecule has 0 aliphatic carbocycles. The van der Waals surface area contributed by atoms with E-state index in [9.17, 15) is 9.59 Å². The van der Waals surface area contributed by atoms with E-state index in [0.717, 1.165) is 0 Å². The SMILES string of the molecule is COC(=O)c1cc(Cl)cc2c1OC(C)C(=O)N2. The van der Waals surface area contributed by atoms with Gasteiger partial charge in [-0.15, -0.1) is 0 Å². The molecule has 0 fully saturated rings. The molecule has 6 heteroatoms. The van der Waals surface area contributed by atoms with Crippen LogP contribution in [0.1, 0.15) is 17.3 Å². The highest BCUT2D eigenvalue weighted by Gasteiger charge is 2.28. The van der Waals surface area contributed by atoms with Gasteiger partial charge in [-0.1, -0.05) is 11.6 Å². The van der Waals surface area contributed by atoms with E-state index >= 15 is 0 Å². The van der Waals surface area contributed by atoms with Crippen LogP contribution in [0, 0.1) is 0 Å². The summed E-state index contributed by atoms with van der Waals surface area (Å²) in [6.45, 7) is 1.59. The van der Waals surface area contributed by atoms with Gasteiger partial charge in [0.2, 0.25) is 0 Å². The molecular formula is C11H10ClNO4. The van der Waals surface area contributed by atoms with Crippen LogP contribution >= 0.6 is 11.6 Å². The number of methoxy groups -OCH3 is 1. The molecule has 1 N–H and O–H groups in total. The second-order valence-corrected chi connectivity index (χ2v) is 4.01. The fraction of sp³-hybridized carbons (Fsp3) is 0.273. The van der Waals surface area contributed by atoms with Crippen LogP contribution in [-0.4, -0.2) is 25.1 Å². The van der Waals surface area contributed by atoms with Crippen molar-refractivity contribution in [2.75, 3.05) is 12.4 Å². The third-order valence-corrected chi connectivity index (χ3v) is 2.60. The van der Waals surface area contributed by atoms with Crippen LogP contribution in [0.2, 0.25) is 5.02 Å². The van der Waals surface area contributed by atoms with Crippen LogP contribution in [0.5, 0.6) is 5.75 Å². The summed E-state index contributed by atoms with van der Waals surface area (Å²) in [6.07, 6.45) is -0.660. The smallest absolute Gasteiger partial charge is 0.341 e. The normalized spacial score (nSPS) is 17.8. The first-order valence-corrected chi connectivity index (χ1v) is 5.30. The van der Waals surface area contributed by atoms with Crippen molar-refractivity contribution >= 4 is 29.2 Å². The molecule has 90 valence electrons. The van der Waals surface area contributed by atoms with E-state index in [0.29, 0.717) is 10.7 Å². The number of esters is 1. The molecule has 1 aromatic carbocycles. The summed E-state index contributed by atoms with van der Waals surface area (Å²) in [5.74, 6) is -0.559. The predicted molar refractivity (Wildman–Crippen MR) is 61.5 cm³/mol. The first-order chi connectivity index (χ1) is 8.02. The summed E-state index contributed by atoms with van der Waals surface area (Å²) in [5.41, 5.74) is 0.572. The molecule has 0 saturated heterocycles. The zero-order valence-corrected chi connectivity index (χ0v) is 10.00. The maximum atomic E-state index is 11.6. The van der Waals surface area contributed by atoms with Crippen molar-refractivity contribution in [2.24, 2.45) is 0 Å². The van der Waals surface area contributed by atoms with Gasteiger partial charge in [0.1, 0.15) is 5.56 Å². The van der Waals surface area contributed by atoms with E-state index < -0.39 is 12.1 Å². The van der Waals surface area contributed by atoms with E-state index in [1.165, 1.54) is 19.2 Å². The lowest BCUT2D eigenvalue weighted by Crippen LogP contribution is -2.35. The number of ether oxygens (including phenoxy) is 2. The van der Waals surface area contributed by atoms with E-state index in [4.69, 9.17) is 16.3 Å². The number of benzene rings is 1. The molecule has 1 heterocycles. The van der Waals surface area contributed by atoms with E-state index in [-0.39, 0.29) is 17.2 Å². The summed E-state index contributed by atoms with van der Waals surface area (Å²) in [5, 5.41) is 2.94. The van der Waals surface area contributed by atoms with Crippen LogP contribution < -0.4 is 10.1 Å². The van der Waals surface area contributed by atoms with Crippen molar-refractivity contribution in [2.45, 2.75) is 13.0 Å². The van der Waals surface area contributed by atoms with Gasteiger partial charge in [0.05, 0.1) is 12.8 Å². The highest BCUT2D eigenvalue weighted by Crippen LogP contribution is 2.36. The predicted octanol–water partition coefficient (Wildman–Crippen LogP) is 1.85. The molecule has 0 aromatic heterocycles. The van der Waals surface area contributed by atoms with Gasteiger partial charge in [-0.05, 0) is 19.1 Å². The molecule has 17 heavy (non-hydrogen) atoms. The Bertz CT molecular complexity index is 500. The van der Waals surface area contributed by atoms with Gasteiger partial charge in [0.15, 0.2) is 11.9 Å². The molecule has 1 aliphatic rings. The van der Waals surface area contributed by atoms with E-state index in [1.807, 2.05) is 0 Å². The fourth-order valence-corrected chi connectivity index (χ4v) is 1.76. The molecule has 0 bridgehead atoms. The lowest BCUT2D eigenvalue weighted by Gasteiger charge is -2.25. The van der Waals surface area contributed by atoms with Gasteiger partial charge in [-0.25, -0.2) is 4.79 Å². The summed E-state index contributed by atoms with van der Waals surface area (Å²) >= 11 is 5.85. The minimum atomic E-state index is -0.660. The Morgan fingerprint density at radius 1 is 1.53 bits per heavy atom. The minimum absolute atomic E-state index is 0.196. The highest BCUT2D eigenvalue weighted by atomic mass is 35.5. The second-order valence-electron chi connectivity index (χ2n) is 3.57. The van der Waals surface area contributed by atoms with Crippen LogP contribution in [0.4, 0.5) is 5.69 Å². The molecule has 1 amide bonds. The number of halogens is 1. The van der Waals surface area contributed by atoms with Gasteiger partial charge in [-0.3, -0.25) is 4.79 Å². The zero-order valence-electron chi connectivity index (χ0n) is 9.24. The summed E-state index contributed by atoms with van der Waals surface area (Å²) in [6, 6.07) is 2.96. The number of hydrogen-bond acceptors (Lipinski definition) is 4. The maximum absolute atomic E-state index is 11.6. The number of fused-ring (bicyclic) bond motifs is 1. The number of amides is 1. The van der Waals surface area contributed by atoms with Gasteiger partial charge < -0.3 is 14.8 Å². The molecule has 2 rings (SSSR count). The third-order valence-electron chi connectivity index (χ3n) is 2.38. The number of anilines is 1.